The third kappa shape index (κ3) is 3.30. The number of aromatic nitrogens is 2. The highest BCUT2D eigenvalue weighted by molar-refractivity contribution is 7.15. The Morgan fingerprint density at radius 2 is 1.83 bits per heavy atom. The molecular formula is C20H13ClFN3O3S. The fraction of sp³-hybridized carbons (Fsp3) is 0.100. The SMILES string of the molecule is Cc1nnc(N2C(=O)C(=O)C(=C(O)c3ccc(Cl)cc3)[C@@H]2c2ccccc2F)s1. The van der Waals surface area contributed by atoms with Crippen LogP contribution in [0.4, 0.5) is 9.52 Å². The van der Waals surface area contributed by atoms with Crippen molar-refractivity contribution in [2.24, 2.45) is 0 Å². The molecule has 2 aromatic carbocycles. The number of ketones is 1. The molecule has 1 saturated heterocycles. The maximum atomic E-state index is 14.7. The predicted molar refractivity (Wildman–Crippen MR) is 107 cm³/mol. The van der Waals surface area contributed by atoms with Gasteiger partial charge in [0.1, 0.15) is 22.6 Å². The lowest BCUT2D eigenvalue weighted by Crippen LogP contribution is -2.29. The van der Waals surface area contributed by atoms with Crippen LogP contribution in [0, 0.1) is 12.7 Å². The molecule has 1 N–H and O–H groups in total. The third-order valence-corrected chi connectivity index (χ3v) is 5.57. The van der Waals surface area contributed by atoms with Gasteiger partial charge in [-0.15, -0.1) is 10.2 Å². The van der Waals surface area contributed by atoms with Crippen LogP contribution in [0.2, 0.25) is 5.02 Å². The summed E-state index contributed by atoms with van der Waals surface area (Å²) in [6, 6.07) is 10.7. The molecule has 146 valence electrons. The minimum absolute atomic E-state index is 0.0649. The lowest BCUT2D eigenvalue weighted by atomic mass is 9.95. The first kappa shape index (κ1) is 19.2. The molecule has 6 nitrogen and oxygen atoms in total. The van der Waals surface area contributed by atoms with Crippen LogP contribution in [0.3, 0.4) is 0 Å². The Balaban J connectivity index is 1.97. The van der Waals surface area contributed by atoms with Crippen LogP contribution in [0.15, 0.2) is 54.1 Å². The van der Waals surface area contributed by atoms with Crippen LogP contribution in [-0.4, -0.2) is 27.0 Å². The number of halogens is 2. The Bertz CT molecular complexity index is 1160. The lowest BCUT2D eigenvalue weighted by molar-refractivity contribution is -0.132. The van der Waals surface area contributed by atoms with E-state index in [1.807, 2.05) is 0 Å². The molecule has 1 fully saturated rings. The number of aryl methyl sites for hydroxylation is 1. The summed E-state index contributed by atoms with van der Waals surface area (Å²) in [5.41, 5.74) is 0.118. The molecule has 1 aliphatic heterocycles. The van der Waals surface area contributed by atoms with Crippen LogP contribution in [0.25, 0.3) is 5.76 Å². The van der Waals surface area contributed by atoms with Gasteiger partial charge in [0.25, 0.3) is 5.78 Å². The summed E-state index contributed by atoms with van der Waals surface area (Å²) in [6.45, 7) is 1.70. The Morgan fingerprint density at radius 1 is 1.14 bits per heavy atom. The van der Waals surface area contributed by atoms with Crippen molar-refractivity contribution in [2.75, 3.05) is 4.90 Å². The molecule has 2 heterocycles. The van der Waals surface area contributed by atoms with E-state index in [0.29, 0.717) is 10.0 Å². The number of hydrogen-bond donors (Lipinski definition) is 1. The quantitative estimate of drug-likeness (QED) is 0.382. The molecule has 0 radical (unpaired) electrons. The molecule has 0 saturated carbocycles. The molecule has 0 aliphatic carbocycles. The molecule has 9 heteroatoms. The Labute approximate surface area is 173 Å². The maximum absolute atomic E-state index is 14.7. The molecule has 0 bridgehead atoms. The highest BCUT2D eigenvalue weighted by Gasteiger charge is 2.49. The minimum Gasteiger partial charge on any atom is -0.507 e. The largest absolute Gasteiger partial charge is 0.507 e. The van der Waals surface area contributed by atoms with Gasteiger partial charge in [0.15, 0.2) is 0 Å². The van der Waals surface area contributed by atoms with E-state index in [1.165, 1.54) is 30.3 Å². The number of amides is 1. The normalized spacial score (nSPS) is 18.4. The van der Waals surface area contributed by atoms with E-state index in [9.17, 15) is 19.1 Å². The standard InChI is InChI=1S/C20H13ClFN3O3S/c1-10-23-24-20(29-10)25-16(13-4-2-3-5-14(13)22)15(18(27)19(25)28)17(26)11-6-8-12(21)9-7-11/h2-9,16,26H,1H3/t16-/m0/s1. The van der Waals surface area contributed by atoms with Crippen molar-refractivity contribution in [1.29, 1.82) is 0 Å². The second kappa shape index (κ2) is 7.38. The van der Waals surface area contributed by atoms with E-state index in [4.69, 9.17) is 11.6 Å². The number of benzene rings is 2. The topological polar surface area (TPSA) is 83.4 Å². The molecule has 1 aliphatic rings. The summed E-state index contributed by atoms with van der Waals surface area (Å²) in [7, 11) is 0. The monoisotopic (exact) mass is 429 g/mol. The number of carbonyl (C=O) groups is 2. The summed E-state index contributed by atoms with van der Waals surface area (Å²) in [4.78, 5) is 26.8. The molecular weight excluding hydrogens is 417 g/mol. The van der Waals surface area contributed by atoms with Gasteiger partial charge in [-0.3, -0.25) is 14.5 Å². The molecule has 0 unspecified atom stereocenters. The number of carbonyl (C=O) groups excluding carboxylic acids is 2. The number of anilines is 1. The van der Waals surface area contributed by atoms with Crippen molar-refractivity contribution >= 4 is 45.5 Å². The van der Waals surface area contributed by atoms with Gasteiger partial charge in [-0.2, -0.15) is 0 Å². The smallest absolute Gasteiger partial charge is 0.301 e. The van der Waals surface area contributed by atoms with E-state index in [-0.39, 0.29) is 21.8 Å². The van der Waals surface area contributed by atoms with Crippen molar-refractivity contribution in [2.45, 2.75) is 13.0 Å². The predicted octanol–water partition coefficient (Wildman–Crippen LogP) is 4.27. The van der Waals surface area contributed by atoms with Crippen LogP contribution in [0.1, 0.15) is 22.2 Å². The van der Waals surface area contributed by atoms with E-state index in [1.54, 1.807) is 25.1 Å². The van der Waals surface area contributed by atoms with Gasteiger partial charge in [-0.1, -0.05) is 41.1 Å². The summed E-state index contributed by atoms with van der Waals surface area (Å²) in [5.74, 6) is -2.88. The first-order valence-electron chi connectivity index (χ1n) is 8.50. The zero-order chi connectivity index (χ0) is 20.7. The van der Waals surface area contributed by atoms with E-state index >= 15 is 0 Å². The van der Waals surface area contributed by atoms with Crippen LogP contribution >= 0.6 is 22.9 Å². The Kier molecular flexibility index (Phi) is 4.89. The molecule has 4 rings (SSSR count). The van der Waals surface area contributed by atoms with Gasteiger partial charge in [-0.25, -0.2) is 4.39 Å². The average Bonchev–Trinajstić information content (AvgIpc) is 3.23. The van der Waals surface area contributed by atoms with Gasteiger partial charge < -0.3 is 5.11 Å². The average molecular weight is 430 g/mol. The highest BCUT2D eigenvalue weighted by Crippen LogP contribution is 2.43. The minimum atomic E-state index is -1.18. The molecule has 3 aromatic rings. The van der Waals surface area contributed by atoms with Crippen LogP contribution in [-0.2, 0) is 9.59 Å². The van der Waals surface area contributed by atoms with Crippen LogP contribution in [0.5, 0.6) is 0 Å². The maximum Gasteiger partial charge on any atom is 0.301 e. The summed E-state index contributed by atoms with van der Waals surface area (Å²) in [6.07, 6.45) is 0. The number of hydrogen-bond acceptors (Lipinski definition) is 6. The Hall–Kier alpha value is -3.10. The fourth-order valence-electron chi connectivity index (χ4n) is 3.17. The number of Topliss-reactive ketones (excluding diaryl/α,β-unsaturated/α-hetero) is 1. The van der Waals surface area contributed by atoms with Gasteiger partial charge in [0.05, 0.1) is 5.57 Å². The molecule has 1 aromatic heterocycles. The number of aliphatic hydroxyl groups excluding tert-OH is 1. The first-order valence-corrected chi connectivity index (χ1v) is 9.69. The molecule has 1 amide bonds. The Morgan fingerprint density at radius 3 is 2.45 bits per heavy atom. The van der Waals surface area contributed by atoms with Crippen molar-refractivity contribution < 1.29 is 19.1 Å². The first-order chi connectivity index (χ1) is 13.9. The van der Waals surface area contributed by atoms with Gasteiger partial charge in [0.2, 0.25) is 5.13 Å². The zero-order valence-corrected chi connectivity index (χ0v) is 16.5. The third-order valence-electron chi connectivity index (χ3n) is 4.48. The highest BCUT2D eigenvalue weighted by atomic mass is 35.5. The van der Waals surface area contributed by atoms with Gasteiger partial charge in [-0.05, 0) is 37.3 Å². The van der Waals surface area contributed by atoms with E-state index < -0.39 is 29.3 Å². The van der Waals surface area contributed by atoms with E-state index in [2.05, 4.69) is 10.2 Å². The van der Waals surface area contributed by atoms with Crippen molar-refractivity contribution in [1.82, 2.24) is 10.2 Å². The van der Waals surface area contributed by atoms with Crippen LogP contribution < -0.4 is 4.90 Å². The number of nitrogens with zero attached hydrogens (tertiary/aromatic N) is 3. The summed E-state index contributed by atoms with van der Waals surface area (Å²) < 4.78 is 14.7. The van der Waals surface area contributed by atoms with Crippen molar-refractivity contribution in [3.8, 4) is 0 Å². The number of rotatable bonds is 3. The van der Waals surface area contributed by atoms with Crippen molar-refractivity contribution in [3.63, 3.8) is 0 Å². The van der Waals surface area contributed by atoms with Crippen molar-refractivity contribution in [3.05, 3.63) is 81.1 Å². The second-order valence-electron chi connectivity index (χ2n) is 6.30. The van der Waals surface area contributed by atoms with Gasteiger partial charge in [0, 0.05) is 16.1 Å². The molecule has 29 heavy (non-hydrogen) atoms. The summed E-state index contributed by atoms with van der Waals surface area (Å²) >= 11 is 6.98. The molecule has 0 spiro atoms. The zero-order valence-electron chi connectivity index (χ0n) is 15.0. The summed E-state index contributed by atoms with van der Waals surface area (Å²) in [5, 5.41) is 19.9. The number of aliphatic hydroxyl groups is 1. The van der Waals surface area contributed by atoms with E-state index in [0.717, 1.165) is 16.2 Å². The fourth-order valence-corrected chi connectivity index (χ4v) is 4.01. The van der Waals surface area contributed by atoms with Gasteiger partial charge >= 0.3 is 5.91 Å². The molecule has 1 atom stereocenters. The second-order valence-corrected chi connectivity index (χ2v) is 7.90. The lowest BCUT2D eigenvalue weighted by Gasteiger charge is -2.22.